The van der Waals surface area contributed by atoms with Gasteiger partial charge in [-0.25, -0.2) is 9.97 Å². The number of fused-ring (bicyclic) bond motifs is 1. The van der Waals surface area contributed by atoms with Crippen molar-refractivity contribution in [3.05, 3.63) is 66.0 Å². The number of halogens is 3. The van der Waals surface area contributed by atoms with Gasteiger partial charge in [0.2, 0.25) is 0 Å². The van der Waals surface area contributed by atoms with Gasteiger partial charge in [0.15, 0.2) is 0 Å². The minimum atomic E-state index is -4.35. The number of hydrogen-bond donors (Lipinski definition) is 1. The lowest BCUT2D eigenvalue weighted by atomic mass is 10.0. The van der Waals surface area contributed by atoms with Gasteiger partial charge in [0.1, 0.15) is 12.1 Å². The van der Waals surface area contributed by atoms with Gasteiger partial charge in [0.05, 0.1) is 11.1 Å². The molecule has 0 bridgehead atoms. The highest BCUT2D eigenvalue weighted by Gasteiger charge is 2.33. The molecule has 0 amide bonds. The molecule has 3 aromatic rings. The first-order chi connectivity index (χ1) is 11.4. The first kappa shape index (κ1) is 16.2. The number of benzene rings is 2. The summed E-state index contributed by atoms with van der Waals surface area (Å²) in [5.74, 6) is 0.623. The number of alkyl halides is 3. The maximum absolute atomic E-state index is 13.1. The Morgan fingerprint density at radius 1 is 1.00 bits per heavy atom. The molecule has 0 saturated heterocycles. The van der Waals surface area contributed by atoms with Gasteiger partial charge < -0.3 is 5.32 Å². The van der Waals surface area contributed by atoms with Crippen molar-refractivity contribution in [2.75, 3.05) is 5.32 Å². The Morgan fingerprint density at radius 2 is 1.71 bits per heavy atom. The van der Waals surface area contributed by atoms with Crippen molar-refractivity contribution in [3.8, 4) is 0 Å². The number of nitrogens with one attached hydrogen (secondary N) is 1. The normalized spacial score (nSPS) is 13.0. The predicted molar refractivity (Wildman–Crippen MR) is 87.8 cm³/mol. The van der Waals surface area contributed by atoms with Crippen LogP contribution in [0.25, 0.3) is 10.9 Å². The van der Waals surface area contributed by atoms with Crippen LogP contribution in [0.1, 0.15) is 18.1 Å². The topological polar surface area (TPSA) is 37.8 Å². The number of para-hydroxylation sites is 1. The molecule has 24 heavy (non-hydrogen) atoms. The molecule has 2 aromatic carbocycles. The molecular formula is C18H16F3N3. The summed E-state index contributed by atoms with van der Waals surface area (Å²) in [5.41, 5.74) is 0.465. The number of rotatable bonds is 4. The van der Waals surface area contributed by atoms with Gasteiger partial charge in [0.25, 0.3) is 0 Å². The lowest BCUT2D eigenvalue weighted by molar-refractivity contribution is -0.138. The second kappa shape index (κ2) is 6.47. The summed E-state index contributed by atoms with van der Waals surface area (Å²) >= 11 is 0. The quantitative estimate of drug-likeness (QED) is 0.753. The zero-order valence-corrected chi connectivity index (χ0v) is 13.0. The van der Waals surface area contributed by atoms with E-state index in [1.165, 1.54) is 18.5 Å². The number of aromatic nitrogens is 2. The highest BCUT2D eigenvalue weighted by atomic mass is 19.4. The summed E-state index contributed by atoms with van der Waals surface area (Å²) in [6, 6.07) is 12.9. The molecule has 0 aliphatic heterocycles. The van der Waals surface area contributed by atoms with E-state index >= 15 is 0 Å². The van der Waals surface area contributed by atoms with Crippen LogP contribution in [0.5, 0.6) is 0 Å². The predicted octanol–water partition coefficient (Wildman–Crippen LogP) is 4.69. The molecule has 0 aliphatic rings. The van der Waals surface area contributed by atoms with Crippen LogP contribution >= 0.6 is 0 Å². The van der Waals surface area contributed by atoms with Crippen LogP contribution in [0.4, 0.5) is 19.0 Å². The molecule has 0 aliphatic carbocycles. The first-order valence-electron chi connectivity index (χ1n) is 7.56. The molecule has 0 saturated carbocycles. The first-order valence-corrected chi connectivity index (χ1v) is 7.56. The van der Waals surface area contributed by atoms with Gasteiger partial charge in [-0.05, 0) is 37.1 Å². The summed E-state index contributed by atoms with van der Waals surface area (Å²) in [4.78, 5) is 8.39. The number of nitrogens with zero attached hydrogens (tertiary/aromatic N) is 2. The van der Waals surface area contributed by atoms with Gasteiger partial charge in [-0.15, -0.1) is 0 Å². The SMILES string of the molecule is CC(Cc1ccccc1C(F)(F)F)Nc1ncnc2ccccc12. The fraction of sp³-hybridized carbons (Fsp3) is 0.222. The molecule has 0 spiro atoms. The van der Waals surface area contributed by atoms with Crippen LogP contribution < -0.4 is 5.32 Å². The molecular weight excluding hydrogens is 315 g/mol. The average Bonchev–Trinajstić information content (AvgIpc) is 2.54. The Morgan fingerprint density at radius 3 is 2.50 bits per heavy atom. The monoisotopic (exact) mass is 331 g/mol. The van der Waals surface area contributed by atoms with E-state index in [0.29, 0.717) is 5.82 Å². The molecule has 6 heteroatoms. The largest absolute Gasteiger partial charge is 0.416 e. The second-order valence-corrected chi connectivity index (χ2v) is 5.64. The number of hydrogen-bond acceptors (Lipinski definition) is 3. The summed E-state index contributed by atoms with van der Waals surface area (Å²) in [6.07, 6.45) is -2.66. The summed E-state index contributed by atoms with van der Waals surface area (Å²) < 4.78 is 39.3. The van der Waals surface area contributed by atoms with Crippen molar-refractivity contribution in [2.45, 2.75) is 25.6 Å². The van der Waals surface area contributed by atoms with Crippen molar-refractivity contribution >= 4 is 16.7 Å². The molecule has 3 rings (SSSR count). The van der Waals surface area contributed by atoms with E-state index in [0.717, 1.165) is 17.0 Å². The molecule has 0 fully saturated rings. The Balaban J connectivity index is 1.83. The maximum Gasteiger partial charge on any atom is 0.416 e. The van der Waals surface area contributed by atoms with E-state index in [9.17, 15) is 13.2 Å². The standard InChI is InChI=1S/C18H16F3N3/c1-12(10-13-6-2-4-8-15(13)18(19,20)21)24-17-14-7-3-5-9-16(14)22-11-23-17/h2-9,11-12H,10H2,1H3,(H,22,23,24). The van der Waals surface area contributed by atoms with Gasteiger partial charge in [-0.2, -0.15) is 13.2 Å². The van der Waals surface area contributed by atoms with E-state index < -0.39 is 11.7 Å². The molecule has 1 N–H and O–H groups in total. The highest BCUT2D eigenvalue weighted by Crippen LogP contribution is 2.32. The van der Waals surface area contributed by atoms with E-state index in [4.69, 9.17) is 0 Å². The van der Waals surface area contributed by atoms with E-state index in [1.807, 2.05) is 31.2 Å². The number of anilines is 1. The van der Waals surface area contributed by atoms with Gasteiger partial charge in [0, 0.05) is 11.4 Å². The Kier molecular flexibility index (Phi) is 4.38. The van der Waals surface area contributed by atoms with Gasteiger partial charge >= 0.3 is 6.18 Å². The fourth-order valence-electron chi connectivity index (χ4n) is 2.71. The van der Waals surface area contributed by atoms with Gasteiger partial charge in [-0.1, -0.05) is 30.3 Å². The lowest BCUT2D eigenvalue weighted by Gasteiger charge is -2.18. The van der Waals surface area contributed by atoms with Crippen LogP contribution in [-0.4, -0.2) is 16.0 Å². The third-order valence-electron chi connectivity index (χ3n) is 3.77. The zero-order valence-electron chi connectivity index (χ0n) is 13.0. The van der Waals surface area contributed by atoms with Crippen LogP contribution in [0.3, 0.4) is 0 Å². The molecule has 1 atom stereocenters. The minimum Gasteiger partial charge on any atom is -0.367 e. The van der Waals surface area contributed by atoms with Crippen molar-refractivity contribution in [2.24, 2.45) is 0 Å². The third-order valence-corrected chi connectivity index (χ3v) is 3.77. The maximum atomic E-state index is 13.1. The molecule has 1 heterocycles. The molecule has 1 unspecified atom stereocenters. The second-order valence-electron chi connectivity index (χ2n) is 5.64. The Labute approximate surface area is 137 Å². The molecule has 3 nitrogen and oxygen atoms in total. The zero-order chi connectivity index (χ0) is 17.2. The highest BCUT2D eigenvalue weighted by molar-refractivity contribution is 5.88. The van der Waals surface area contributed by atoms with E-state index in [-0.39, 0.29) is 18.0 Å². The Hall–Kier alpha value is -2.63. The van der Waals surface area contributed by atoms with Gasteiger partial charge in [-0.3, -0.25) is 0 Å². The van der Waals surface area contributed by atoms with Crippen molar-refractivity contribution < 1.29 is 13.2 Å². The van der Waals surface area contributed by atoms with E-state index in [1.54, 1.807) is 6.07 Å². The van der Waals surface area contributed by atoms with Crippen LogP contribution in [-0.2, 0) is 12.6 Å². The average molecular weight is 331 g/mol. The van der Waals surface area contributed by atoms with Crippen LogP contribution in [0, 0.1) is 0 Å². The smallest absolute Gasteiger partial charge is 0.367 e. The molecule has 1 aromatic heterocycles. The fourth-order valence-corrected chi connectivity index (χ4v) is 2.71. The molecule has 124 valence electrons. The summed E-state index contributed by atoms with van der Waals surface area (Å²) in [5, 5.41) is 4.04. The summed E-state index contributed by atoms with van der Waals surface area (Å²) in [6.45, 7) is 1.84. The van der Waals surface area contributed by atoms with Crippen molar-refractivity contribution in [1.82, 2.24) is 9.97 Å². The van der Waals surface area contributed by atoms with Crippen molar-refractivity contribution in [1.29, 1.82) is 0 Å². The Bertz CT molecular complexity index is 841. The minimum absolute atomic E-state index is 0.216. The third kappa shape index (κ3) is 3.48. The molecule has 0 radical (unpaired) electrons. The summed E-state index contributed by atoms with van der Waals surface area (Å²) in [7, 11) is 0. The van der Waals surface area contributed by atoms with Crippen molar-refractivity contribution in [3.63, 3.8) is 0 Å². The van der Waals surface area contributed by atoms with E-state index in [2.05, 4.69) is 15.3 Å². The van der Waals surface area contributed by atoms with Crippen LogP contribution in [0.2, 0.25) is 0 Å². The van der Waals surface area contributed by atoms with Crippen LogP contribution in [0.15, 0.2) is 54.9 Å². The lowest BCUT2D eigenvalue weighted by Crippen LogP contribution is -2.21.